The SMILES string of the molecule is CCNC(c1ccc(OC)c(OC)c1)C(F)(F)F. The molecule has 1 aromatic carbocycles. The molecule has 0 heterocycles. The molecule has 0 amide bonds. The number of hydrogen-bond donors (Lipinski definition) is 1. The average molecular weight is 263 g/mol. The van der Waals surface area contributed by atoms with E-state index in [9.17, 15) is 13.2 Å². The Morgan fingerprint density at radius 3 is 2.22 bits per heavy atom. The predicted molar refractivity (Wildman–Crippen MR) is 62.0 cm³/mol. The van der Waals surface area contributed by atoms with Crippen molar-refractivity contribution in [2.45, 2.75) is 19.1 Å². The first kappa shape index (κ1) is 14.6. The molecule has 0 bridgehead atoms. The molecule has 1 atom stereocenters. The van der Waals surface area contributed by atoms with Gasteiger partial charge in [0.1, 0.15) is 6.04 Å². The lowest BCUT2D eigenvalue weighted by Crippen LogP contribution is -2.34. The zero-order chi connectivity index (χ0) is 13.8. The second kappa shape index (κ2) is 5.95. The van der Waals surface area contributed by atoms with Crippen molar-refractivity contribution in [1.82, 2.24) is 5.32 Å². The molecule has 1 aromatic rings. The Labute approximate surface area is 104 Å². The van der Waals surface area contributed by atoms with Crippen molar-refractivity contribution in [3.05, 3.63) is 23.8 Å². The Morgan fingerprint density at radius 1 is 1.17 bits per heavy atom. The number of rotatable bonds is 5. The molecule has 0 saturated heterocycles. The summed E-state index contributed by atoms with van der Waals surface area (Å²) in [5.74, 6) is 0.681. The van der Waals surface area contributed by atoms with Crippen molar-refractivity contribution >= 4 is 0 Å². The largest absolute Gasteiger partial charge is 0.493 e. The summed E-state index contributed by atoms with van der Waals surface area (Å²) < 4.78 is 48.6. The Hall–Kier alpha value is -1.43. The number of methoxy groups -OCH3 is 2. The molecule has 1 unspecified atom stereocenters. The molecule has 0 fully saturated rings. The zero-order valence-electron chi connectivity index (χ0n) is 10.5. The summed E-state index contributed by atoms with van der Waals surface area (Å²) in [7, 11) is 2.82. The fourth-order valence-corrected chi connectivity index (χ4v) is 1.66. The molecule has 0 aliphatic carbocycles. The van der Waals surface area contributed by atoms with Crippen LogP contribution in [0.15, 0.2) is 18.2 Å². The molecular formula is C12H16F3NO2. The van der Waals surface area contributed by atoms with E-state index in [0.717, 1.165) is 0 Å². The van der Waals surface area contributed by atoms with Crippen LogP contribution in [0, 0.1) is 0 Å². The van der Waals surface area contributed by atoms with E-state index in [-0.39, 0.29) is 17.9 Å². The van der Waals surface area contributed by atoms with E-state index in [4.69, 9.17) is 9.47 Å². The third-order valence-corrected chi connectivity index (χ3v) is 2.48. The highest BCUT2D eigenvalue weighted by molar-refractivity contribution is 5.44. The van der Waals surface area contributed by atoms with Crippen molar-refractivity contribution in [2.24, 2.45) is 0 Å². The molecule has 0 aliphatic rings. The van der Waals surface area contributed by atoms with E-state index in [1.54, 1.807) is 6.92 Å². The number of halogens is 3. The van der Waals surface area contributed by atoms with Gasteiger partial charge in [-0.15, -0.1) is 0 Å². The van der Waals surface area contributed by atoms with Crippen LogP contribution in [0.1, 0.15) is 18.5 Å². The molecule has 3 nitrogen and oxygen atoms in total. The summed E-state index contributed by atoms with van der Waals surface area (Å²) >= 11 is 0. The highest BCUT2D eigenvalue weighted by atomic mass is 19.4. The van der Waals surface area contributed by atoms with Gasteiger partial charge in [-0.2, -0.15) is 13.2 Å². The predicted octanol–water partition coefficient (Wildman–Crippen LogP) is 2.92. The number of nitrogens with one attached hydrogen (secondary N) is 1. The number of ether oxygens (including phenoxy) is 2. The van der Waals surface area contributed by atoms with Crippen LogP contribution in [-0.2, 0) is 0 Å². The normalized spacial score (nSPS) is 13.2. The summed E-state index contributed by atoms with van der Waals surface area (Å²) in [4.78, 5) is 0. The highest BCUT2D eigenvalue weighted by Gasteiger charge is 2.40. The Bertz CT molecular complexity index is 393. The summed E-state index contributed by atoms with van der Waals surface area (Å²) in [6, 6.07) is 2.47. The van der Waals surface area contributed by atoms with Crippen LogP contribution in [0.2, 0.25) is 0 Å². The van der Waals surface area contributed by atoms with Crippen LogP contribution < -0.4 is 14.8 Å². The zero-order valence-corrected chi connectivity index (χ0v) is 10.5. The molecule has 6 heteroatoms. The summed E-state index contributed by atoms with van der Waals surface area (Å²) in [5, 5.41) is 2.41. The van der Waals surface area contributed by atoms with Crippen molar-refractivity contribution < 1.29 is 22.6 Å². The molecule has 1 N–H and O–H groups in total. The standard InChI is InChI=1S/C12H16F3NO2/c1-4-16-11(12(13,14)15)8-5-6-9(17-2)10(7-8)18-3/h5-7,11,16H,4H2,1-3H3. The number of hydrogen-bond acceptors (Lipinski definition) is 3. The third-order valence-electron chi connectivity index (χ3n) is 2.48. The number of alkyl halides is 3. The van der Waals surface area contributed by atoms with Crippen molar-refractivity contribution in [1.29, 1.82) is 0 Å². The lowest BCUT2D eigenvalue weighted by Gasteiger charge is -2.22. The molecule has 0 aromatic heterocycles. The van der Waals surface area contributed by atoms with Gasteiger partial charge in [0.2, 0.25) is 0 Å². The molecular weight excluding hydrogens is 247 g/mol. The summed E-state index contributed by atoms with van der Waals surface area (Å²) in [6.07, 6.45) is -4.35. The van der Waals surface area contributed by atoms with Crippen LogP contribution in [0.5, 0.6) is 11.5 Å². The van der Waals surface area contributed by atoms with Gasteiger partial charge < -0.3 is 14.8 Å². The van der Waals surface area contributed by atoms with E-state index in [1.807, 2.05) is 0 Å². The van der Waals surface area contributed by atoms with Gasteiger partial charge in [0.05, 0.1) is 14.2 Å². The first-order valence-electron chi connectivity index (χ1n) is 5.46. The van der Waals surface area contributed by atoms with Crippen LogP contribution in [-0.4, -0.2) is 26.9 Å². The average Bonchev–Trinajstić information content (AvgIpc) is 2.33. The lowest BCUT2D eigenvalue weighted by atomic mass is 10.1. The Morgan fingerprint density at radius 2 is 1.78 bits per heavy atom. The molecule has 0 radical (unpaired) electrons. The van der Waals surface area contributed by atoms with Gasteiger partial charge in [-0.05, 0) is 24.2 Å². The van der Waals surface area contributed by atoms with Gasteiger partial charge in [-0.3, -0.25) is 0 Å². The van der Waals surface area contributed by atoms with Crippen molar-refractivity contribution in [3.63, 3.8) is 0 Å². The molecule has 1 rings (SSSR count). The minimum atomic E-state index is -4.35. The molecule has 0 saturated carbocycles. The maximum Gasteiger partial charge on any atom is 0.407 e. The van der Waals surface area contributed by atoms with Crippen molar-refractivity contribution in [2.75, 3.05) is 20.8 Å². The maximum absolute atomic E-state index is 12.9. The van der Waals surface area contributed by atoms with Gasteiger partial charge in [0.15, 0.2) is 11.5 Å². The van der Waals surface area contributed by atoms with Gasteiger partial charge >= 0.3 is 6.18 Å². The van der Waals surface area contributed by atoms with Crippen molar-refractivity contribution in [3.8, 4) is 11.5 Å². The molecule has 0 spiro atoms. The smallest absolute Gasteiger partial charge is 0.407 e. The highest BCUT2D eigenvalue weighted by Crippen LogP contribution is 2.36. The first-order valence-corrected chi connectivity index (χ1v) is 5.46. The second-order valence-corrected chi connectivity index (χ2v) is 3.65. The minimum Gasteiger partial charge on any atom is -0.493 e. The number of benzene rings is 1. The topological polar surface area (TPSA) is 30.5 Å². The van der Waals surface area contributed by atoms with Crippen LogP contribution in [0.25, 0.3) is 0 Å². The van der Waals surface area contributed by atoms with E-state index in [1.165, 1.54) is 32.4 Å². The molecule has 0 aliphatic heterocycles. The summed E-state index contributed by atoms with van der Waals surface area (Å²) in [5.41, 5.74) is 0.0991. The van der Waals surface area contributed by atoms with E-state index in [0.29, 0.717) is 5.75 Å². The van der Waals surface area contributed by atoms with Gasteiger partial charge in [-0.1, -0.05) is 13.0 Å². The second-order valence-electron chi connectivity index (χ2n) is 3.65. The Balaban J connectivity index is 3.13. The summed E-state index contributed by atoms with van der Waals surface area (Å²) in [6.45, 7) is 1.85. The molecule has 18 heavy (non-hydrogen) atoms. The molecule has 102 valence electrons. The third kappa shape index (κ3) is 3.29. The van der Waals surface area contributed by atoms with Crippen LogP contribution in [0.3, 0.4) is 0 Å². The van der Waals surface area contributed by atoms with Gasteiger partial charge in [0, 0.05) is 0 Å². The van der Waals surface area contributed by atoms with Gasteiger partial charge in [-0.25, -0.2) is 0 Å². The van der Waals surface area contributed by atoms with E-state index < -0.39 is 12.2 Å². The van der Waals surface area contributed by atoms with E-state index in [2.05, 4.69) is 5.32 Å². The fraction of sp³-hybridized carbons (Fsp3) is 0.500. The fourth-order valence-electron chi connectivity index (χ4n) is 1.66. The van der Waals surface area contributed by atoms with Crippen LogP contribution in [0.4, 0.5) is 13.2 Å². The Kier molecular flexibility index (Phi) is 4.84. The van der Waals surface area contributed by atoms with E-state index >= 15 is 0 Å². The minimum absolute atomic E-state index is 0.0991. The lowest BCUT2D eigenvalue weighted by molar-refractivity contribution is -0.157. The van der Waals surface area contributed by atoms with Crippen LogP contribution >= 0.6 is 0 Å². The first-order chi connectivity index (χ1) is 8.43. The monoisotopic (exact) mass is 263 g/mol. The quantitative estimate of drug-likeness (QED) is 0.886. The maximum atomic E-state index is 12.9. The van der Waals surface area contributed by atoms with Gasteiger partial charge in [0.25, 0.3) is 0 Å².